The topological polar surface area (TPSA) is 13.1 Å². The fourth-order valence-corrected chi connectivity index (χ4v) is 0.824. The highest BCUT2D eigenvalue weighted by Crippen LogP contribution is 2.12. The highest BCUT2D eigenvalue weighted by molar-refractivity contribution is 5.18. The molecule has 1 nitrogen and oxygen atoms in total. The molecular formula is C8H12O. The normalized spacial score (nSPS) is 10.1. The monoisotopic (exact) mass is 124 g/mol. The van der Waals surface area contributed by atoms with Crippen molar-refractivity contribution in [3.8, 4) is 0 Å². The van der Waals surface area contributed by atoms with Crippen LogP contribution < -0.4 is 0 Å². The van der Waals surface area contributed by atoms with E-state index in [1.165, 1.54) is 5.56 Å². The Kier molecular flexibility index (Phi) is 1.60. The van der Waals surface area contributed by atoms with Crippen molar-refractivity contribution >= 4 is 0 Å². The molecule has 0 unspecified atom stereocenters. The standard InChI is InChI=1S/C8H12O/c1-4-8-5-6(2)7(3)9-8/h5H,4H2,1-3H3. The molecule has 0 saturated carbocycles. The molecule has 0 saturated heterocycles. The fourth-order valence-electron chi connectivity index (χ4n) is 0.824. The van der Waals surface area contributed by atoms with E-state index in [-0.39, 0.29) is 0 Å². The van der Waals surface area contributed by atoms with Gasteiger partial charge in [-0.15, -0.1) is 0 Å². The van der Waals surface area contributed by atoms with Crippen LogP contribution in [-0.2, 0) is 6.42 Å². The minimum Gasteiger partial charge on any atom is -0.466 e. The van der Waals surface area contributed by atoms with Crippen LogP contribution in [0.3, 0.4) is 0 Å². The Morgan fingerprint density at radius 2 is 2.11 bits per heavy atom. The average molecular weight is 124 g/mol. The summed E-state index contributed by atoms with van der Waals surface area (Å²) in [5.41, 5.74) is 1.26. The summed E-state index contributed by atoms with van der Waals surface area (Å²) >= 11 is 0. The van der Waals surface area contributed by atoms with Crippen molar-refractivity contribution in [2.75, 3.05) is 0 Å². The maximum atomic E-state index is 5.36. The second-order valence-electron chi connectivity index (χ2n) is 2.31. The average Bonchev–Trinajstić information content (AvgIpc) is 2.13. The van der Waals surface area contributed by atoms with Gasteiger partial charge in [0.1, 0.15) is 11.5 Å². The molecule has 50 valence electrons. The molecule has 0 amide bonds. The van der Waals surface area contributed by atoms with Crippen molar-refractivity contribution < 1.29 is 4.42 Å². The van der Waals surface area contributed by atoms with Crippen LogP contribution in [0.2, 0.25) is 0 Å². The Hall–Kier alpha value is -0.720. The third-order valence-electron chi connectivity index (χ3n) is 1.57. The van der Waals surface area contributed by atoms with Gasteiger partial charge in [-0.05, 0) is 25.5 Å². The maximum absolute atomic E-state index is 5.36. The largest absolute Gasteiger partial charge is 0.466 e. The number of hydrogen-bond acceptors (Lipinski definition) is 1. The number of aryl methyl sites for hydroxylation is 3. The van der Waals surface area contributed by atoms with E-state index in [1.54, 1.807) is 0 Å². The smallest absolute Gasteiger partial charge is 0.104 e. The predicted octanol–water partition coefficient (Wildman–Crippen LogP) is 2.46. The summed E-state index contributed by atoms with van der Waals surface area (Å²) in [7, 11) is 0. The minimum absolute atomic E-state index is 0.995. The van der Waals surface area contributed by atoms with Crippen LogP contribution in [0.4, 0.5) is 0 Å². The Balaban J connectivity index is 2.98. The third-order valence-corrected chi connectivity index (χ3v) is 1.57. The van der Waals surface area contributed by atoms with Gasteiger partial charge in [-0.3, -0.25) is 0 Å². The van der Waals surface area contributed by atoms with Gasteiger partial charge in [0.25, 0.3) is 0 Å². The zero-order valence-electron chi connectivity index (χ0n) is 6.19. The van der Waals surface area contributed by atoms with Crippen molar-refractivity contribution in [3.05, 3.63) is 23.2 Å². The van der Waals surface area contributed by atoms with Gasteiger partial charge < -0.3 is 4.42 Å². The molecule has 1 aromatic heterocycles. The molecule has 1 aromatic rings. The van der Waals surface area contributed by atoms with Gasteiger partial charge >= 0.3 is 0 Å². The van der Waals surface area contributed by atoms with Crippen LogP contribution in [0.15, 0.2) is 10.5 Å². The van der Waals surface area contributed by atoms with Crippen LogP contribution in [0.1, 0.15) is 24.0 Å². The highest BCUT2D eigenvalue weighted by Gasteiger charge is 1.98. The van der Waals surface area contributed by atoms with Crippen LogP contribution in [0.5, 0.6) is 0 Å². The molecule has 0 N–H and O–H groups in total. The highest BCUT2D eigenvalue weighted by atomic mass is 16.3. The van der Waals surface area contributed by atoms with Gasteiger partial charge in [-0.25, -0.2) is 0 Å². The van der Waals surface area contributed by atoms with Crippen molar-refractivity contribution in [2.45, 2.75) is 27.2 Å². The molecule has 0 aliphatic heterocycles. The van der Waals surface area contributed by atoms with Gasteiger partial charge in [-0.1, -0.05) is 6.92 Å². The molecule has 1 heterocycles. The first-order valence-corrected chi connectivity index (χ1v) is 3.30. The molecule has 0 spiro atoms. The summed E-state index contributed by atoms with van der Waals surface area (Å²) in [5.74, 6) is 2.14. The lowest BCUT2D eigenvalue weighted by Gasteiger charge is -1.83. The van der Waals surface area contributed by atoms with Crippen LogP contribution in [-0.4, -0.2) is 0 Å². The van der Waals surface area contributed by atoms with Gasteiger partial charge in [0, 0.05) is 6.42 Å². The van der Waals surface area contributed by atoms with Crippen LogP contribution >= 0.6 is 0 Å². The number of rotatable bonds is 1. The Morgan fingerprint density at radius 1 is 1.44 bits per heavy atom. The first-order valence-electron chi connectivity index (χ1n) is 3.30. The quantitative estimate of drug-likeness (QED) is 0.560. The van der Waals surface area contributed by atoms with E-state index >= 15 is 0 Å². The summed E-state index contributed by atoms with van der Waals surface area (Å²) in [6.45, 7) is 6.16. The predicted molar refractivity (Wildman–Crippen MR) is 37.6 cm³/mol. The molecule has 0 radical (unpaired) electrons. The van der Waals surface area contributed by atoms with Crippen molar-refractivity contribution in [1.82, 2.24) is 0 Å². The summed E-state index contributed by atoms with van der Waals surface area (Å²) < 4.78 is 5.36. The molecule has 9 heavy (non-hydrogen) atoms. The summed E-state index contributed by atoms with van der Waals surface area (Å²) in [6.07, 6.45) is 0.995. The van der Waals surface area contributed by atoms with Gasteiger partial charge in [0.2, 0.25) is 0 Å². The third kappa shape index (κ3) is 1.15. The summed E-state index contributed by atoms with van der Waals surface area (Å²) in [5, 5.41) is 0. The fraction of sp³-hybridized carbons (Fsp3) is 0.500. The van der Waals surface area contributed by atoms with Crippen molar-refractivity contribution in [1.29, 1.82) is 0 Å². The second-order valence-corrected chi connectivity index (χ2v) is 2.31. The molecule has 0 aliphatic rings. The van der Waals surface area contributed by atoms with E-state index in [0.717, 1.165) is 17.9 Å². The number of hydrogen-bond donors (Lipinski definition) is 0. The van der Waals surface area contributed by atoms with E-state index < -0.39 is 0 Å². The SMILES string of the molecule is CCc1cc(C)c(C)o1. The van der Waals surface area contributed by atoms with Gasteiger partial charge in [0.15, 0.2) is 0 Å². The van der Waals surface area contributed by atoms with Gasteiger partial charge in [0.05, 0.1) is 0 Å². The number of furan rings is 1. The zero-order chi connectivity index (χ0) is 6.85. The Labute approximate surface area is 55.7 Å². The summed E-state index contributed by atoms with van der Waals surface area (Å²) in [4.78, 5) is 0. The van der Waals surface area contributed by atoms with E-state index in [4.69, 9.17) is 4.42 Å². The lowest BCUT2D eigenvalue weighted by Crippen LogP contribution is -1.68. The van der Waals surface area contributed by atoms with E-state index in [9.17, 15) is 0 Å². The maximum Gasteiger partial charge on any atom is 0.104 e. The lowest BCUT2D eigenvalue weighted by molar-refractivity contribution is 0.487. The second kappa shape index (κ2) is 2.26. The Bertz CT molecular complexity index is 179. The summed E-state index contributed by atoms with van der Waals surface area (Å²) in [6, 6.07) is 2.09. The van der Waals surface area contributed by atoms with Crippen molar-refractivity contribution in [3.63, 3.8) is 0 Å². The van der Waals surface area contributed by atoms with E-state index in [1.807, 2.05) is 6.92 Å². The minimum atomic E-state index is 0.995. The van der Waals surface area contributed by atoms with Crippen LogP contribution in [0.25, 0.3) is 0 Å². The van der Waals surface area contributed by atoms with Gasteiger partial charge in [-0.2, -0.15) is 0 Å². The molecule has 1 rings (SSSR count). The van der Waals surface area contributed by atoms with Crippen molar-refractivity contribution in [2.24, 2.45) is 0 Å². The molecule has 0 aromatic carbocycles. The zero-order valence-corrected chi connectivity index (χ0v) is 6.19. The molecule has 0 atom stereocenters. The molecular weight excluding hydrogens is 112 g/mol. The molecule has 0 bridgehead atoms. The first-order chi connectivity index (χ1) is 4.24. The van der Waals surface area contributed by atoms with Crippen LogP contribution in [0, 0.1) is 13.8 Å². The van der Waals surface area contributed by atoms with E-state index in [2.05, 4.69) is 19.9 Å². The molecule has 0 aliphatic carbocycles. The molecule has 0 fully saturated rings. The lowest BCUT2D eigenvalue weighted by atomic mass is 10.2. The molecule has 1 heteroatoms. The Morgan fingerprint density at radius 3 is 2.33 bits per heavy atom. The van der Waals surface area contributed by atoms with E-state index in [0.29, 0.717) is 0 Å². The first kappa shape index (κ1) is 6.40.